The molecule has 0 spiro atoms. The molecule has 126 valence electrons. The zero-order chi connectivity index (χ0) is 16.9. The SMILES string of the molecule is Cc1nnc(SCC(=O)NNC(=O)[C@@H]2COc3ccccc3O2)s1. The maximum absolute atomic E-state index is 12.0. The van der Waals surface area contributed by atoms with Crippen molar-refractivity contribution in [2.24, 2.45) is 0 Å². The summed E-state index contributed by atoms with van der Waals surface area (Å²) in [5.74, 6) is 0.388. The van der Waals surface area contributed by atoms with E-state index in [0.717, 1.165) is 5.01 Å². The van der Waals surface area contributed by atoms with E-state index in [0.29, 0.717) is 15.8 Å². The smallest absolute Gasteiger partial charge is 0.283 e. The number of rotatable bonds is 4. The molecule has 1 atom stereocenters. The number of hydrogen-bond donors (Lipinski definition) is 2. The van der Waals surface area contributed by atoms with E-state index < -0.39 is 12.0 Å². The van der Waals surface area contributed by atoms with Crippen LogP contribution in [0.3, 0.4) is 0 Å². The third-order valence-corrected chi connectivity index (χ3v) is 4.93. The summed E-state index contributed by atoms with van der Waals surface area (Å²) < 4.78 is 11.7. The fourth-order valence-electron chi connectivity index (χ4n) is 1.86. The van der Waals surface area contributed by atoms with Crippen LogP contribution in [0.15, 0.2) is 28.6 Å². The number of amides is 2. The molecule has 0 saturated carbocycles. The van der Waals surface area contributed by atoms with Crippen LogP contribution in [0.5, 0.6) is 11.5 Å². The van der Waals surface area contributed by atoms with Gasteiger partial charge in [0.2, 0.25) is 12.0 Å². The number of thioether (sulfide) groups is 1. The van der Waals surface area contributed by atoms with Crippen molar-refractivity contribution in [1.82, 2.24) is 21.0 Å². The van der Waals surface area contributed by atoms with Crippen LogP contribution in [-0.4, -0.2) is 40.5 Å². The normalized spacial score (nSPS) is 15.6. The first-order chi connectivity index (χ1) is 11.6. The molecule has 0 radical (unpaired) electrons. The van der Waals surface area contributed by atoms with Crippen molar-refractivity contribution in [3.8, 4) is 11.5 Å². The van der Waals surface area contributed by atoms with E-state index in [1.807, 2.05) is 13.0 Å². The molecule has 2 heterocycles. The van der Waals surface area contributed by atoms with E-state index in [9.17, 15) is 9.59 Å². The van der Waals surface area contributed by atoms with Crippen molar-refractivity contribution in [1.29, 1.82) is 0 Å². The van der Waals surface area contributed by atoms with E-state index in [1.165, 1.54) is 23.1 Å². The van der Waals surface area contributed by atoms with Crippen LogP contribution >= 0.6 is 23.1 Å². The number of fused-ring (bicyclic) bond motifs is 1. The van der Waals surface area contributed by atoms with Gasteiger partial charge in [0, 0.05) is 0 Å². The highest BCUT2D eigenvalue weighted by Gasteiger charge is 2.27. The molecule has 0 bridgehead atoms. The lowest BCUT2D eigenvalue weighted by Gasteiger charge is -2.25. The van der Waals surface area contributed by atoms with Crippen molar-refractivity contribution < 1.29 is 19.1 Å². The molecule has 0 fully saturated rings. The van der Waals surface area contributed by atoms with Crippen molar-refractivity contribution in [3.63, 3.8) is 0 Å². The van der Waals surface area contributed by atoms with Crippen LogP contribution in [0.4, 0.5) is 0 Å². The molecule has 1 aliphatic heterocycles. The number of carbonyl (C=O) groups excluding carboxylic acids is 2. The van der Waals surface area contributed by atoms with Crippen LogP contribution in [0, 0.1) is 6.92 Å². The number of hydrogen-bond acceptors (Lipinski definition) is 8. The maximum Gasteiger partial charge on any atom is 0.283 e. The summed E-state index contributed by atoms with van der Waals surface area (Å²) in [5.41, 5.74) is 4.68. The number of benzene rings is 1. The Kier molecular flexibility index (Phi) is 5.16. The molecule has 0 saturated heterocycles. The van der Waals surface area contributed by atoms with Gasteiger partial charge in [-0.1, -0.05) is 35.2 Å². The molecule has 2 N–H and O–H groups in total. The third-order valence-electron chi connectivity index (χ3n) is 2.96. The van der Waals surface area contributed by atoms with E-state index >= 15 is 0 Å². The second kappa shape index (κ2) is 7.49. The Bertz CT molecular complexity index is 752. The largest absolute Gasteiger partial charge is 0.485 e. The molecule has 1 aliphatic rings. The molecule has 1 aromatic carbocycles. The summed E-state index contributed by atoms with van der Waals surface area (Å²) in [7, 11) is 0. The van der Waals surface area contributed by atoms with Crippen LogP contribution in [0.25, 0.3) is 0 Å². The predicted molar refractivity (Wildman–Crippen MR) is 88.0 cm³/mol. The Morgan fingerprint density at radius 2 is 2.08 bits per heavy atom. The maximum atomic E-state index is 12.0. The molecular formula is C14H14N4O4S2. The van der Waals surface area contributed by atoms with Crippen molar-refractivity contribution in [3.05, 3.63) is 29.3 Å². The number of nitrogens with zero attached hydrogens (tertiary/aromatic N) is 2. The van der Waals surface area contributed by atoms with Gasteiger partial charge < -0.3 is 9.47 Å². The van der Waals surface area contributed by atoms with Crippen LogP contribution in [0.1, 0.15) is 5.01 Å². The van der Waals surface area contributed by atoms with Crippen molar-refractivity contribution in [2.45, 2.75) is 17.4 Å². The standard InChI is InChI=1S/C14H14N4O4S2/c1-8-15-18-14(24-8)23-7-12(19)16-17-13(20)11-6-21-9-4-2-3-5-10(9)22-11/h2-5,11H,6-7H2,1H3,(H,16,19)(H,17,20)/t11-/m0/s1. The van der Waals surface area contributed by atoms with Crippen molar-refractivity contribution >= 4 is 34.9 Å². The molecule has 0 aliphatic carbocycles. The first-order valence-corrected chi connectivity index (χ1v) is 8.82. The van der Waals surface area contributed by atoms with Gasteiger partial charge in [0.1, 0.15) is 11.6 Å². The van der Waals surface area contributed by atoms with Gasteiger partial charge in [-0.25, -0.2) is 0 Å². The summed E-state index contributed by atoms with van der Waals surface area (Å²) in [6.07, 6.45) is -0.821. The lowest BCUT2D eigenvalue weighted by atomic mass is 10.2. The minimum atomic E-state index is -0.821. The molecule has 10 heteroatoms. The van der Waals surface area contributed by atoms with Gasteiger partial charge in [0.25, 0.3) is 5.91 Å². The van der Waals surface area contributed by atoms with Gasteiger partial charge >= 0.3 is 0 Å². The predicted octanol–water partition coefficient (Wildman–Crippen LogP) is 0.926. The second-order valence-corrected chi connectivity index (χ2v) is 7.18. The zero-order valence-corrected chi connectivity index (χ0v) is 14.3. The summed E-state index contributed by atoms with van der Waals surface area (Å²) in [4.78, 5) is 23.8. The third kappa shape index (κ3) is 4.15. The van der Waals surface area contributed by atoms with Gasteiger partial charge in [-0.05, 0) is 19.1 Å². The van der Waals surface area contributed by atoms with Gasteiger partial charge in [0.15, 0.2) is 15.8 Å². The summed E-state index contributed by atoms with van der Waals surface area (Å²) >= 11 is 2.66. The summed E-state index contributed by atoms with van der Waals surface area (Å²) in [6, 6.07) is 7.09. The Morgan fingerprint density at radius 3 is 2.83 bits per heavy atom. The number of aryl methyl sites for hydroxylation is 1. The van der Waals surface area contributed by atoms with Crippen LogP contribution in [0.2, 0.25) is 0 Å². The molecule has 24 heavy (non-hydrogen) atoms. The quantitative estimate of drug-likeness (QED) is 0.613. The molecular weight excluding hydrogens is 352 g/mol. The average Bonchev–Trinajstić information content (AvgIpc) is 3.02. The summed E-state index contributed by atoms with van der Waals surface area (Å²) in [6.45, 7) is 1.92. The topological polar surface area (TPSA) is 102 Å². The van der Waals surface area contributed by atoms with Gasteiger partial charge in [-0.2, -0.15) is 0 Å². The second-order valence-electron chi connectivity index (χ2n) is 4.78. The fraction of sp³-hybridized carbons (Fsp3) is 0.286. The number of aromatic nitrogens is 2. The number of ether oxygens (including phenoxy) is 2. The first kappa shape index (κ1) is 16.5. The van der Waals surface area contributed by atoms with E-state index in [1.54, 1.807) is 18.2 Å². The lowest BCUT2D eigenvalue weighted by Crippen LogP contribution is -2.51. The number of carbonyl (C=O) groups is 2. The van der Waals surface area contributed by atoms with E-state index in [4.69, 9.17) is 9.47 Å². The zero-order valence-electron chi connectivity index (χ0n) is 12.6. The molecule has 3 rings (SSSR count). The van der Waals surface area contributed by atoms with Crippen molar-refractivity contribution in [2.75, 3.05) is 12.4 Å². The molecule has 0 unspecified atom stereocenters. The van der Waals surface area contributed by atoms with Crippen LogP contribution < -0.4 is 20.3 Å². The Hall–Kier alpha value is -2.33. The molecule has 2 amide bonds. The first-order valence-electron chi connectivity index (χ1n) is 7.02. The minimum absolute atomic E-state index is 0.0809. The van der Waals surface area contributed by atoms with Crippen LogP contribution in [-0.2, 0) is 9.59 Å². The van der Waals surface area contributed by atoms with E-state index in [2.05, 4.69) is 21.0 Å². The number of hydrazine groups is 1. The molecule has 2 aromatic rings. The lowest BCUT2D eigenvalue weighted by molar-refractivity contribution is -0.134. The highest BCUT2D eigenvalue weighted by molar-refractivity contribution is 8.01. The number of nitrogens with one attached hydrogen (secondary N) is 2. The highest BCUT2D eigenvalue weighted by atomic mass is 32.2. The monoisotopic (exact) mass is 366 g/mol. The molecule has 8 nitrogen and oxygen atoms in total. The molecule has 1 aromatic heterocycles. The Labute approximate surface area is 145 Å². The van der Waals surface area contributed by atoms with E-state index in [-0.39, 0.29) is 18.3 Å². The average molecular weight is 366 g/mol. The van der Waals surface area contributed by atoms with Gasteiger partial charge in [-0.15, -0.1) is 10.2 Å². The minimum Gasteiger partial charge on any atom is -0.485 e. The Morgan fingerprint density at radius 1 is 1.29 bits per heavy atom. The fourth-order valence-corrected chi connectivity index (χ4v) is 3.48. The summed E-state index contributed by atoms with van der Waals surface area (Å²) in [5, 5.41) is 8.60. The highest BCUT2D eigenvalue weighted by Crippen LogP contribution is 2.30. The number of para-hydroxylation sites is 2. The van der Waals surface area contributed by atoms with Gasteiger partial charge in [-0.3, -0.25) is 20.4 Å². The van der Waals surface area contributed by atoms with Gasteiger partial charge in [0.05, 0.1) is 5.75 Å². The Balaban J connectivity index is 1.43.